The standard InChI is InChI=1S/C32H20N2O/c1-2-7-21(8-3-1)29-18-19-30(35-29)27-16-15-26(24-10-4-5-11-25(24)27)28-17-14-23-13-12-22-9-6-20-33-31(22)32(23)34-28/h1-20H/i4D,5D,10D,11D,15D,16D. The minimum Gasteiger partial charge on any atom is -0.456 e. The number of aromatic nitrogens is 2. The van der Waals surface area contributed by atoms with Crippen LogP contribution in [0, 0.1) is 0 Å². The van der Waals surface area contributed by atoms with Crippen molar-refractivity contribution in [3.05, 3.63) is 121 Å². The van der Waals surface area contributed by atoms with Gasteiger partial charge in [0.25, 0.3) is 0 Å². The Labute approximate surface area is 210 Å². The zero-order chi connectivity index (χ0) is 28.4. The minimum atomic E-state index is -0.427. The summed E-state index contributed by atoms with van der Waals surface area (Å²) in [5, 5.41) is 1.96. The van der Waals surface area contributed by atoms with Crippen LogP contribution >= 0.6 is 0 Å². The lowest BCUT2D eigenvalue weighted by molar-refractivity contribution is 0.598. The van der Waals surface area contributed by atoms with Gasteiger partial charge in [-0.2, -0.15) is 0 Å². The molecule has 0 fully saturated rings. The molecule has 164 valence electrons. The summed E-state index contributed by atoms with van der Waals surface area (Å²) in [7, 11) is 0. The lowest BCUT2D eigenvalue weighted by atomic mass is 9.96. The van der Waals surface area contributed by atoms with Crippen LogP contribution in [0.4, 0.5) is 0 Å². The van der Waals surface area contributed by atoms with Gasteiger partial charge in [0, 0.05) is 33.7 Å². The number of pyridine rings is 2. The van der Waals surface area contributed by atoms with Crippen LogP contribution in [0.5, 0.6) is 0 Å². The maximum absolute atomic E-state index is 9.10. The van der Waals surface area contributed by atoms with Crippen LogP contribution in [0.2, 0.25) is 0 Å². The van der Waals surface area contributed by atoms with E-state index in [9.17, 15) is 0 Å². The van der Waals surface area contributed by atoms with Gasteiger partial charge in [0.05, 0.1) is 25.0 Å². The Morgan fingerprint density at radius 3 is 2.17 bits per heavy atom. The Kier molecular flexibility index (Phi) is 3.28. The first-order valence-electron chi connectivity index (χ1n) is 14.2. The average Bonchev–Trinajstić information content (AvgIpc) is 3.50. The van der Waals surface area contributed by atoms with E-state index in [4.69, 9.17) is 17.6 Å². The molecule has 3 nitrogen and oxygen atoms in total. The van der Waals surface area contributed by atoms with E-state index in [1.54, 1.807) is 24.4 Å². The lowest BCUT2D eigenvalue weighted by Crippen LogP contribution is -1.90. The van der Waals surface area contributed by atoms with Crippen LogP contribution in [0.25, 0.3) is 66.5 Å². The Bertz CT molecular complexity index is 2180. The first-order valence-corrected chi connectivity index (χ1v) is 11.2. The Morgan fingerprint density at radius 2 is 1.31 bits per heavy atom. The SMILES string of the molecule is [2H]c1c([2H])c([2H])c2c(-c3ccc(-c4ccccc4)o3)c([2H])c([2H])c(-c3ccc4ccc5cccnc5c4n3)c2c1[2H]. The fourth-order valence-electron chi connectivity index (χ4n) is 4.41. The van der Waals surface area contributed by atoms with Crippen molar-refractivity contribution in [3.63, 3.8) is 0 Å². The Hall–Kier alpha value is -4.76. The van der Waals surface area contributed by atoms with Gasteiger partial charge in [-0.15, -0.1) is 0 Å². The molecule has 0 N–H and O–H groups in total. The van der Waals surface area contributed by atoms with E-state index in [-0.39, 0.29) is 51.8 Å². The number of hydrogen-bond donors (Lipinski definition) is 0. The molecule has 0 bridgehead atoms. The van der Waals surface area contributed by atoms with E-state index in [0.717, 1.165) is 16.3 Å². The highest BCUT2D eigenvalue weighted by Gasteiger charge is 2.14. The van der Waals surface area contributed by atoms with Gasteiger partial charge in [-0.3, -0.25) is 4.98 Å². The van der Waals surface area contributed by atoms with Crippen LogP contribution in [-0.4, -0.2) is 9.97 Å². The van der Waals surface area contributed by atoms with Crippen molar-refractivity contribution in [1.82, 2.24) is 9.97 Å². The highest BCUT2D eigenvalue weighted by atomic mass is 16.3. The number of fused-ring (bicyclic) bond motifs is 4. The third kappa shape index (κ3) is 3.29. The molecule has 35 heavy (non-hydrogen) atoms. The smallest absolute Gasteiger partial charge is 0.135 e. The predicted molar refractivity (Wildman–Crippen MR) is 143 cm³/mol. The highest BCUT2D eigenvalue weighted by molar-refractivity contribution is 6.06. The number of rotatable bonds is 3. The van der Waals surface area contributed by atoms with Gasteiger partial charge >= 0.3 is 0 Å². The van der Waals surface area contributed by atoms with E-state index >= 15 is 0 Å². The summed E-state index contributed by atoms with van der Waals surface area (Å²) >= 11 is 0. The molecule has 3 heteroatoms. The second-order valence-electron chi connectivity index (χ2n) is 8.19. The maximum atomic E-state index is 9.10. The lowest BCUT2D eigenvalue weighted by Gasteiger charge is -2.11. The molecule has 0 amide bonds. The van der Waals surface area contributed by atoms with Gasteiger partial charge in [0.2, 0.25) is 0 Å². The topological polar surface area (TPSA) is 38.9 Å². The van der Waals surface area contributed by atoms with E-state index in [1.165, 1.54) is 0 Å². The fraction of sp³-hybridized carbons (Fsp3) is 0. The Balaban J connectivity index is 1.57. The third-order valence-electron chi connectivity index (χ3n) is 6.10. The van der Waals surface area contributed by atoms with Crippen molar-refractivity contribution in [2.75, 3.05) is 0 Å². The fourth-order valence-corrected chi connectivity index (χ4v) is 4.41. The van der Waals surface area contributed by atoms with Crippen LogP contribution in [-0.2, 0) is 0 Å². The summed E-state index contributed by atoms with van der Waals surface area (Å²) in [5.74, 6) is 0.783. The van der Waals surface area contributed by atoms with E-state index < -0.39 is 12.1 Å². The molecule has 0 unspecified atom stereocenters. The summed E-state index contributed by atoms with van der Waals surface area (Å²) in [6, 6.07) is 22.2. The maximum Gasteiger partial charge on any atom is 0.135 e. The quantitative estimate of drug-likeness (QED) is 0.251. The van der Waals surface area contributed by atoms with Gasteiger partial charge in [-0.1, -0.05) is 84.8 Å². The molecule has 0 aliphatic heterocycles. The first kappa shape index (κ1) is 14.5. The van der Waals surface area contributed by atoms with E-state index in [2.05, 4.69) is 4.98 Å². The van der Waals surface area contributed by atoms with Gasteiger partial charge in [0.15, 0.2) is 0 Å². The molecule has 7 rings (SSSR count). The largest absolute Gasteiger partial charge is 0.456 e. The van der Waals surface area contributed by atoms with Crippen LogP contribution in [0.3, 0.4) is 0 Å². The van der Waals surface area contributed by atoms with Crippen LogP contribution in [0.1, 0.15) is 8.22 Å². The number of furan rings is 1. The molecule has 3 aromatic heterocycles. The van der Waals surface area contributed by atoms with Crippen molar-refractivity contribution in [2.45, 2.75) is 0 Å². The summed E-state index contributed by atoms with van der Waals surface area (Å²) < 4.78 is 58.8. The second-order valence-corrected chi connectivity index (χ2v) is 8.19. The van der Waals surface area contributed by atoms with Crippen molar-refractivity contribution < 1.29 is 12.6 Å². The molecular formula is C32H20N2O. The molecule has 0 radical (unpaired) electrons. The average molecular weight is 455 g/mol. The predicted octanol–water partition coefficient (Wildman–Crippen LogP) is 8.53. The number of hydrogen-bond acceptors (Lipinski definition) is 3. The molecule has 3 heterocycles. The van der Waals surface area contributed by atoms with Crippen molar-refractivity contribution in [3.8, 4) is 33.9 Å². The molecular weight excluding hydrogens is 428 g/mol. The summed E-state index contributed by atoms with van der Waals surface area (Å²) in [6.45, 7) is 0. The first-order chi connectivity index (χ1) is 19.8. The van der Waals surface area contributed by atoms with Crippen molar-refractivity contribution in [1.29, 1.82) is 0 Å². The van der Waals surface area contributed by atoms with E-state index in [0.29, 0.717) is 22.5 Å². The van der Waals surface area contributed by atoms with Crippen LogP contribution in [0.15, 0.2) is 126 Å². The molecule has 0 atom stereocenters. The molecule has 7 aromatic rings. The minimum absolute atomic E-state index is 0.110. The molecule has 0 saturated heterocycles. The highest BCUT2D eigenvalue weighted by Crippen LogP contribution is 2.37. The number of nitrogens with zero attached hydrogens (tertiary/aromatic N) is 2. The zero-order valence-electron chi connectivity index (χ0n) is 24.4. The van der Waals surface area contributed by atoms with Gasteiger partial charge < -0.3 is 4.42 Å². The summed E-state index contributed by atoms with van der Waals surface area (Å²) in [6.07, 6.45) is 1.68. The number of benzene rings is 4. The van der Waals surface area contributed by atoms with Crippen molar-refractivity contribution >= 4 is 32.6 Å². The monoisotopic (exact) mass is 454 g/mol. The van der Waals surface area contributed by atoms with Gasteiger partial charge in [-0.25, -0.2) is 4.98 Å². The summed E-state index contributed by atoms with van der Waals surface area (Å²) in [5.41, 5.74) is 2.71. The second kappa shape index (κ2) is 7.93. The van der Waals surface area contributed by atoms with Gasteiger partial charge in [0.1, 0.15) is 11.5 Å². The molecule has 0 aliphatic carbocycles. The van der Waals surface area contributed by atoms with E-state index in [1.807, 2.05) is 60.7 Å². The summed E-state index contributed by atoms with van der Waals surface area (Å²) in [4.78, 5) is 9.36. The molecule has 0 aliphatic rings. The van der Waals surface area contributed by atoms with Crippen molar-refractivity contribution in [2.24, 2.45) is 0 Å². The normalized spacial score (nSPS) is 13.8. The third-order valence-corrected chi connectivity index (χ3v) is 6.10. The van der Waals surface area contributed by atoms with Gasteiger partial charge in [-0.05, 0) is 41.1 Å². The zero-order valence-corrected chi connectivity index (χ0v) is 18.4. The Morgan fingerprint density at radius 1 is 0.600 bits per heavy atom. The molecule has 0 saturated carbocycles. The van der Waals surface area contributed by atoms with Crippen LogP contribution < -0.4 is 0 Å². The molecule has 4 aromatic carbocycles. The molecule has 0 spiro atoms.